The van der Waals surface area contributed by atoms with Gasteiger partial charge in [-0.15, -0.1) is 11.3 Å². The van der Waals surface area contributed by atoms with Gasteiger partial charge in [-0.3, -0.25) is 0 Å². The van der Waals surface area contributed by atoms with Gasteiger partial charge in [0.05, 0.1) is 6.61 Å². The van der Waals surface area contributed by atoms with Gasteiger partial charge in [-0.25, -0.2) is 4.79 Å². The molecule has 0 aliphatic heterocycles. The number of carbonyl (C=O) groups is 1. The lowest BCUT2D eigenvalue weighted by Crippen LogP contribution is -1.99. The fourth-order valence-electron chi connectivity index (χ4n) is 1.87. The Labute approximate surface area is 137 Å². The van der Waals surface area contributed by atoms with Gasteiger partial charge in [0.1, 0.15) is 0 Å². The molecule has 0 amide bonds. The SMILES string of the molecule is CCOC(=O)/C=C(\C)C=CC=C(C)C=Cc1c(C)csc1C. The van der Waals surface area contributed by atoms with Crippen molar-refractivity contribution in [3.8, 4) is 0 Å². The average Bonchev–Trinajstić information content (AvgIpc) is 2.76. The molecule has 0 saturated heterocycles. The standard InChI is InChI=1S/C19H24O2S/c1-6-21-19(20)12-15(3)9-7-8-14(2)10-11-18-16(4)13-22-17(18)5/h7-13H,6H2,1-5H3/b9-7?,11-10?,14-8?,15-12+. The lowest BCUT2D eigenvalue weighted by Gasteiger charge is -1.96. The maximum atomic E-state index is 11.3. The minimum Gasteiger partial charge on any atom is -0.463 e. The second-order valence-electron chi connectivity index (χ2n) is 5.13. The molecular weight excluding hydrogens is 292 g/mol. The lowest BCUT2D eigenvalue weighted by atomic mass is 10.1. The number of thiophene rings is 1. The van der Waals surface area contributed by atoms with Crippen molar-refractivity contribution in [2.45, 2.75) is 34.6 Å². The first kappa shape index (κ1) is 18.2. The van der Waals surface area contributed by atoms with Crippen LogP contribution in [0.1, 0.15) is 36.8 Å². The van der Waals surface area contributed by atoms with E-state index in [-0.39, 0.29) is 5.97 Å². The number of ether oxygens (including phenoxy) is 1. The molecule has 0 N–H and O–H groups in total. The van der Waals surface area contributed by atoms with Gasteiger partial charge >= 0.3 is 5.97 Å². The fraction of sp³-hybridized carbons (Fsp3) is 0.316. The van der Waals surface area contributed by atoms with E-state index in [2.05, 4.69) is 38.3 Å². The molecule has 1 rings (SSSR count). The highest BCUT2D eigenvalue weighted by atomic mass is 32.1. The Balaban J connectivity index is 2.66. The molecule has 0 unspecified atom stereocenters. The molecule has 0 aliphatic rings. The molecule has 0 radical (unpaired) electrons. The molecule has 0 aliphatic carbocycles. The van der Waals surface area contributed by atoms with Crippen molar-refractivity contribution in [3.05, 3.63) is 62.9 Å². The highest BCUT2D eigenvalue weighted by Gasteiger charge is 2.00. The van der Waals surface area contributed by atoms with Crippen molar-refractivity contribution >= 4 is 23.4 Å². The van der Waals surface area contributed by atoms with Crippen LogP contribution >= 0.6 is 11.3 Å². The molecule has 3 heteroatoms. The molecule has 0 spiro atoms. The van der Waals surface area contributed by atoms with Gasteiger partial charge in [0.15, 0.2) is 0 Å². The Bertz CT molecular complexity index is 608. The van der Waals surface area contributed by atoms with E-state index in [0.717, 1.165) is 11.1 Å². The van der Waals surface area contributed by atoms with E-state index in [1.165, 1.54) is 22.1 Å². The summed E-state index contributed by atoms with van der Waals surface area (Å²) in [6, 6.07) is 0. The third kappa shape index (κ3) is 6.27. The predicted molar refractivity (Wildman–Crippen MR) is 96.1 cm³/mol. The first-order valence-electron chi connectivity index (χ1n) is 7.36. The lowest BCUT2D eigenvalue weighted by molar-refractivity contribution is -0.137. The number of rotatable bonds is 6. The number of esters is 1. The monoisotopic (exact) mass is 316 g/mol. The van der Waals surface area contributed by atoms with Gasteiger partial charge in [0.2, 0.25) is 0 Å². The van der Waals surface area contributed by atoms with Crippen molar-refractivity contribution in [2.24, 2.45) is 0 Å². The van der Waals surface area contributed by atoms with Crippen LogP contribution in [0.4, 0.5) is 0 Å². The van der Waals surface area contributed by atoms with Crippen LogP contribution in [0.15, 0.2) is 46.9 Å². The van der Waals surface area contributed by atoms with Crippen molar-refractivity contribution in [2.75, 3.05) is 6.61 Å². The molecule has 118 valence electrons. The summed E-state index contributed by atoms with van der Waals surface area (Å²) in [4.78, 5) is 12.6. The van der Waals surface area contributed by atoms with Crippen LogP contribution in [0.3, 0.4) is 0 Å². The van der Waals surface area contributed by atoms with Gasteiger partial charge in [-0.05, 0) is 56.7 Å². The van der Waals surface area contributed by atoms with Gasteiger partial charge in [-0.2, -0.15) is 0 Å². The molecule has 0 saturated carbocycles. The second-order valence-corrected chi connectivity index (χ2v) is 6.22. The summed E-state index contributed by atoms with van der Waals surface area (Å²) >= 11 is 1.78. The Morgan fingerprint density at radius 2 is 1.95 bits per heavy atom. The van der Waals surface area contributed by atoms with Crippen molar-refractivity contribution in [1.29, 1.82) is 0 Å². The van der Waals surface area contributed by atoms with Gasteiger partial charge in [-0.1, -0.05) is 36.0 Å². The molecule has 1 heterocycles. The van der Waals surface area contributed by atoms with E-state index in [9.17, 15) is 4.79 Å². The van der Waals surface area contributed by atoms with Crippen LogP contribution in [0, 0.1) is 13.8 Å². The van der Waals surface area contributed by atoms with Crippen LogP contribution in [-0.4, -0.2) is 12.6 Å². The zero-order valence-corrected chi connectivity index (χ0v) is 14.8. The highest BCUT2D eigenvalue weighted by molar-refractivity contribution is 7.10. The van der Waals surface area contributed by atoms with E-state index in [0.29, 0.717) is 6.61 Å². The van der Waals surface area contributed by atoms with Crippen LogP contribution in [-0.2, 0) is 9.53 Å². The predicted octanol–water partition coefficient (Wildman–Crippen LogP) is 5.39. The summed E-state index contributed by atoms with van der Waals surface area (Å²) in [6.45, 7) is 10.4. The third-order valence-electron chi connectivity index (χ3n) is 3.08. The molecule has 0 aromatic carbocycles. The summed E-state index contributed by atoms with van der Waals surface area (Å²) in [6.07, 6.45) is 11.6. The molecule has 0 fully saturated rings. The van der Waals surface area contributed by atoms with Crippen molar-refractivity contribution in [1.82, 2.24) is 0 Å². The van der Waals surface area contributed by atoms with E-state index >= 15 is 0 Å². The third-order valence-corrected chi connectivity index (χ3v) is 4.12. The molecule has 22 heavy (non-hydrogen) atoms. The van der Waals surface area contributed by atoms with E-state index in [1.54, 1.807) is 18.3 Å². The van der Waals surface area contributed by atoms with Crippen molar-refractivity contribution < 1.29 is 9.53 Å². The molecule has 2 nitrogen and oxygen atoms in total. The quantitative estimate of drug-likeness (QED) is 0.399. The van der Waals surface area contributed by atoms with Gasteiger partial charge in [0.25, 0.3) is 0 Å². The number of hydrogen-bond donors (Lipinski definition) is 0. The van der Waals surface area contributed by atoms with Crippen LogP contribution < -0.4 is 0 Å². The smallest absolute Gasteiger partial charge is 0.330 e. The Kier molecular flexibility index (Phi) is 7.61. The van der Waals surface area contributed by atoms with E-state index < -0.39 is 0 Å². The average molecular weight is 316 g/mol. The minimum absolute atomic E-state index is 0.298. The highest BCUT2D eigenvalue weighted by Crippen LogP contribution is 2.22. The van der Waals surface area contributed by atoms with Crippen LogP contribution in [0.25, 0.3) is 6.08 Å². The number of allylic oxidation sites excluding steroid dienone is 6. The van der Waals surface area contributed by atoms with Gasteiger partial charge < -0.3 is 4.74 Å². The fourth-order valence-corrected chi connectivity index (χ4v) is 2.71. The summed E-state index contributed by atoms with van der Waals surface area (Å²) < 4.78 is 4.87. The largest absolute Gasteiger partial charge is 0.463 e. The topological polar surface area (TPSA) is 26.3 Å². The summed E-state index contributed by atoms with van der Waals surface area (Å²) in [7, 11) is 0. The molecule has 1 aromatic rings. The second kappa shape index (κ2) is 9.21. The van der Waals surface area contributed by atoms with Gasteiger partial charge in [0, 0.05) is 11.0 Å². The maximum absolute atomic E-state index is 11.3. The van der Waals surface area contributed by atoms with E-state index in [4.69, 9.17) is 4.74 Å². The summed E-state index contributed by atoms with van der Waals surface area (Å²) in [5.74, 6) is -0.298. The zero-order chi connectivity index (χ0) is 16.5. The molecular formula is C19H24O2S. The normalized spacial score (nSPS) is 13.3. The first-order valence-corrected chi connectivity index (χ1v) is 8.24. The molecule has 0 atom stereocenters. The molecule has 0 bridgehead atoms. The first-order chi connectivity index (χ1) is 10.4. The molecule has 1 aromatic heterocycles. The van der Waals surface area contributed by atoms with E-state index in [1.807, 2.05) is 25.2 Å². The zero-order valence-electron chi connectivity index (χ0n) is 14.0. The maximum Gasteiger partial charge on any atom is 0.330 e. The Hall–Kier alpha value is -1.87. The Morgan fingerprint density at radius 1 is 1.23 bits per heavy atom. The van der Waals surface area contributed by atoms with Crippen molar-refractivity contribution in [3.63, 3.8) is 0 Å². The summed E-state index contributed by atoms with van der Waals surface area (Å²) in [5, 5.41) is 2.18. The van der Waals surface area contributed by atoms with Crippen LogP contribution in [0.5, 0.6) is 0 Å². The minimum atomic E-state index is -0.298. The Morgan fingerprint density at radius 3 is 2.55 bits per heavy atom. The number of carbonyl (C=O) groups excluding carboxylic acids is 1. The number of aryl methyl sites for hydroxylation is 2. The summed E-state index contributed by atoms with van der Waals surface area (Å²) in [5.41, 5.74) is 4.65. The van der Waals surface area contributed by atoms with Crippen LogP contribution in [0.2, 0.25) is 0 Å². The number of hydrogen-bond acceptors (Lipinski definition) is 3.